The number of fused-ring (bicyclic) bond motifs is 3. The Balaban J connectivity index is 1.84. The van der Waals surface area contributed by atoms with Crippen LogP contribution in [0.1, 0.15) is 10.4 Å². The maximum absolute atomic E-state index is 12.7. The van der Waals surface area contributed by atoms with Crippen molar-refractivity contribution in [2.24, 2.45) is 0 Å². The average Bonchev–Trinajstić information content (AvgIpc) is 2.95. The molecule has 2 aromatic carbocycles. The summed E-state index contributed by atoms with van der Waals surface area (Å²) >= 11 is 6.15. The molecule has 5 nitrogen and oxygen atoms in total. The summed E-state index contributed by atoms with van der Waals surface area (Å²) in [5, 5.41) is 2.58. The Bertz CT molecular complexity index is 1100. The molecule has 25 heavy (non-hydrogen) atoms. The Labute approximate surface area is 148 Å². The van der Waals surface area contributed by atoms with Crippen molar-refractivity contribution < 1.29 is 9.53 Å². The zero-order valence-electron chi connectivity index (χ0n) is 13.4. The fraction of sp³-hybridized carbons (Fsp3) is 0.0526. The molecule has 4 aromatic rings. The van der Waals surface area contributed by atoms with Gasteiger partial charge in [-0.15, -0.1) is 0 Å². The summed E-state index contributed by atoms with van der Waals surface area (Å²) in [6.07, 6.45) is 3.44. The number of nitrogens with one attached hydrogen (secondary N) is 1. The van der Waals surface area contributed by atoms with Gasteiger partial charge in [-0.05, 0) is 36.4 Å². The molecule has 124 valence electrons. The topological polar surface area (TPSA) is 56.1 Å². The van der Waals surface area contributed by atoms with Crippen molar-refractivity contribution in [3.63, 3.8) is 0 Å². The lowest BCUT2D eigenvalue weighted by Crippen LogP contribution is -2.22. The first-order chi connectivity index (χ1) is 12.2. The monoisotopic (exact) mass is 351 g/mol. The number of benzene rings is 2. The summed E-state index contributed by atoms with van der Waals surface area (Å²) in [5.74, 6) is 0.376. The fourth-order valence-electron chi connectivity index (χ4n) is 2.89. The van der Waals surface area contributed by atoms with Crippen molar-refractivity contribution in [3.05, 3.63) is 71.5 Å². The van der Waals surface area contributed by atoms with E-state index in [1.165, 1.54) is 0 Å². The van der Waals surface area contributed by atoms with Crippen molar-refractivity contribution >= 4 is 39.3 Å². The molecule has 0 unspecified atom stereocenters. The first-order valence-electron chi connectivity index (χ1n) is 7.66. The summed E-state index contributed by atoms with van der Waals surface area (Å²) in [4.78, 5) is 16.9. The van der Waals surface area contributed by atoms with Gasteiger partial charge in [0, 0.05) is 27.6 Å². The van der Waals surface area contributed by atoms with E-state index in [2.05, 4.69) is 10.4 Å². The second-order valence-electron chi connectivity index (χ2n) is 5.56. The molecular formula is C19H14ClN3O2. The molecule has 0 atom stereocenters. The van der Waals surface area contributed by atoms with Crippen molar-refractivity contribution in [3.8, 4) is 5.75 Å². The maximum atomic E-state index is 12.7. The van der Waals surface area contributed by atoms with E-state index in [0.717, 1.165) is 21.8 Å². The number of pyridine rings is 1. The Morgan fingerprint density at radius 2 is 1.96 bits per heavy atom. The van der Waals surface area contributed by atoms with Gasteiger partial charge in [0.1, 0.15) is 5.75 Å². The molecule has 0 aliphatic heterocycles. The van der Waals surface area contributed by atoms with Crippen LogP contribution >= 0.6 is 11.6 Å². The molecule has 1 amide bonds. The molecule has 0 radical (unpaired) electrons. The van der Waals surface area contributed by atoms with Gasteiger partial charge in [0.25, 0.3) is 5.91 Å². The highest BCUT2D eigenvalue weighted by atomic mass is 35.5. The predicted molar refractivity (Wildman–Crippen MR) is 98.9 cm³/mol. The van der Waals surface area contributed by atoms with Crippen molar-refractivity contribution in [2.75, 3.05) is 12.5 Å². The highest BCUT2D eigenvalue weighted by Gasteiger charge is 2.14. The van der Waals surface area contributed by atoms with Crippen LogP contribution in [0.15, 0.2) is 60.9 Å². The van der Waals surface area contributed by atoms with E-state index in [-0.39, 0.29) is 5.91 Å². The standard InChI is InChI=1S/C19H14ClN3O2/c1-25-14-4-2-3-12(9-14)19(24)22-23-17-10-13(20)5-6-15(17)16-7-8-21-11-18(16)23/h2-11H,1H3,(H,22,24). The number of halogens is 1. The normalized spacial score (nSPS) is 11.0. The van der Waals surface area contributed by atoms with Crippen molar-refractivity contribution in [1.29, 1.82) is 0 Å². The smallest absolute Gasteiger partial charge is 0.270 e. The van der Waals surface area contributed by atoms with Gasteiger partial charge in [-0.3, -0.25) is 19.9 Å². The molecule has 0 saturated heterocycles. The van der Waals surface area contributed by atoms with Gasteiger partial charge in [-0.2, -0.15) is 0 Å². The number of nitrogens with zero attached hydrogens (tertiary/aromatic N) is 2. The SMILES string of the molecule is COc1cccc(C(=O)Nn2c3cnccc3c3ccc(Cl)cc32)c1. The number of aromatic nitrogens is 2. The molecule has 4 rings (SSSR count). The molecule has 6 heteroatoms. The van der Waals surface area contributed by atoms with Gasteiger partial charge < -0.3 is 4.74 Å². The van der Waals surface area contributed by atoms with E-state index in [1.54, 1.807) is 48.4 Å². The third-order valence-corrected chi connectivity index (χ3v) is 4.31. The quantitative estimate of drug-likeness (QED) is 0.600. The minimum absolute atomic E-state index is 0.249. The molecule has 0 aliphatic carbocycles. The van der Waals surface area contributed by atoms with Gasteiger partial charge >= 0.3 is 0 Å². The summed E-state index contributed by atoms with van der Waals surface area (Å²) in [7, 11) is 1.57. The number of hydrogen-bond acceptors (Lipinski definition) is 3. The van der Waals surface area contributed by atoms with E-state index in [9.17, 15) is 4.79 Å². The predicted octanol–water partition coefficient (Wildman–Crippen LogP) is 4.24. The minimum Gasteiger partial charge on any atom is -0.497 e. The Kier molecular flexibility index (Phi) is 3.78. The van der Waals surface area contributed by atoms with Crippen molar-refractivity contribution in [2.45, 2.75) is 0 Å². The highest BCUT2D eigenvalue weighted by Crippen LogP contribution is 2.29. The van der Waals surface area contributed by atoms with Crippen LogP contribution in [-0.2, 0) is 0 Å². The maximum Gasteiger partial charge on any atom is 0.270 e. The summed E-state index contributed by atoms with van der Waals surface area (Å²) < 4.78 is 6.90. The van der Waals surface area contributed by atoms with E-state index in [1.807, 2.05) is 24.3 Å². The molecular weight excluding hydrogens is 338 g/mol. The second kappa shape index (κ2) is 6.11. The summed E-state index contributed by atoms with van der Waals surface area (Å²) in [5.41, 5.74) is 5.04. The van der Waals surface area contributed by atoms with Crippen LogP contribution in [0.5, 0.6) is 5.75 Å². The number of hydrogen-bond donors (Lipinski definition) is 1. The van der Waals surface area contributed by atoms with Crippen LogP contribution in [0.3, 0.4) is 0 Å². The third kappa shape index (κ3) is 2.68. The molecule has 0 saturated carbocycles. The average molecular weight is 352 g/mol. The van der Waals surface area contributed by atoms with Gasteiger partial charge in [-0.1, -0.05) is 23.7 Å². The zero-order chi connectivity index (χ0) is 17.4. The van der Waals surface area contributed by atoms with Crippen LogP contribution in [0.2, 0.25) is 5.02 Å². The molecule has 1 N–H and O–H groups in total. The Hall–Kier alpha value is -3.05. The molecule has 0 aliphatic rings. The van der Waals surface area contributed by atoms with E-state index in [0.29, 0.717) is 16.3 Å². The third-order valence-electron chi connectivity index (χ3n) is 4.08. The molecule has 0 spiro atoms. The van der Waals surface area contributed by atoms with E-state index < -0.39 is 0 Å². The molecule has 0 bridgehead atoms. The number of ether oxygens (including phenoxy) is 1. The largest absolute Gasteiger partial charge is 0.497 e. The van der Waals surface area contributed by atoms with E-state index >= 15 is 0 Å². The first kappa shape index (κ1) is 15.5. The Morgan fingerprint density at radius 1 is 1.12 bits per heavy atom. The fourth-order valence-corrected chi connectivity index (χ4v) is 3.06. The number of carbonyl (C=O) groups is 1. The highest BCUT2D eigenvalue weighted by molar-refractivity contribution is 6.31. The van der Waals surface area contributed by atoms with Crippen molar-refractivity contribution in [1.82, 2.24) is 9.66 Å². The van der Waals surface area contributed by atoms with Gasteiger partial charge in [-0.25, -0.2) is 0 Å². The number of methoxy groups -OCH3 is 1. The van der Waals surface area contributed by atoms with Crippen LogP contribution in [0, 0.1) is 0 Å². The van der Waals surface area contributed by atoms with Gasteiger partial charge in [0.2, 0.25) is 0 Å². The number of rotatable bonds is 3. The lowest BCUT2D eigenvalue weighted by Gasteiger charge is -2.10. The van der Waals surface area contributed by atoms with Crippen LogP contribution in [0.4, 0.5) is 0 Å². The lowest BCUT2D eigenvalue weighted by molar-refractivity contribution is 0.101. The summed E-state index contributed by atoms with van der Waals surface area (Å²) in [6.45, 7) is 0. The minimum atomic E-state index is -0.249. The second-order valence-corrected chi connectivity index (χ2v) is 6.00. The van der Waals surface area contributed by atoms with Crippen LogP contribution in [0.25, 0.3) is 21.8 Å². The lowest BCUT2D eigenvalue weighted by atomic mass is 10.2. The molecule has 2 heterocycles. The molecule has 0 fully saturated rings. The van der Waals surface area contributed by atoms with E-state index in [4.69, 9.17) is 16.3 Å². The van der Waals surface area contributed by atoms with Gasteiger partial charge in [0.05, 0.1) is 24.3 Å². The van der Waals surface area contributed by atoms with Gasteiger partial charge in [0.15, 0.2) is 0 Å². The van der Waals surface area contributed by atoms with Crippen LogP contribution < -0.4 is 10.2 Å². The summed E-state index contributed by atoms with van der Waals surface area (Å²) in [6, 6.07) is 14.5. The number of amides is 1. The Morgan fingerprint density at radius 3 is 2.80 bits per heavy atom. The first-order valence-corrected chi connectivity index (χ1v) is 8.04. The zero-order valence-corrected chi connectivity index (χ0v) is 14.1. The molecule has 2 aromatic heterocycles. The number of carbonyl (C=O) groups excluding carboxylic acids is 1. The van der Waals surface area contributed by atoms with Crippen LogP contribution in [-0.4, -0.2) is 22.7 Å².